The highest BCUT2D eigenvalue weighted by Gasteiger charge is 2.31. The van der Waals surface area contributed by atoms with Crippen LogP contribution in [0.25, 0.3) is 0 Å². The molecule has 9 heteroatoms. The monoisotopic (exact) mass is 536 g/mol. The minimum absolute atomic E-state index is 0.0511. The van der Waals surface area contributed by atoms with Gasteiger partial charge < -0.3 is 29.9 Å². The fraction of sp³-hybridized carbons (Fsp3) is 0.467. The average molecular weight is 537 g/mol. The lowest BCUT2D eigenvalue weighted by atomic mass is 9.82. The van der Waals surface area contributed by atoms with Crippen LogP contribution in [-0.2, 0) is 27.4 Å². The van der Waals surface area contributed by atoms with Crippen LogP contribution in [-0.4, -0.2) is 69.3 Å². The van der Waals surface area contributed by atoms with Crippen molar-refractivity contribution < 1.29 is 23.5 Å². The molecule has 2 aromatic rings. The first-order valence-electron chi connectivity index (χ1n) is 13.8. The standard InChI is InChI=1S/C30H37FN4O4/c31-26-5-1-3-22(15-26)18-33-29(36)17-23-8-9-35-21-24(23)4-2-12-39-28-7-6-27(34-10-13-38-14-11-34)16-25(28)19-32-20-30(35)37/h1-7,15-16,23-24,32H,8-14,17-21H2,(H,33,36)/b4-2+/t23-,24-/m0/s1. The Bertz CT molecular complexity index is 1180. The number of morpholine rings is 1. The van der Waals surface area contributed by atoms with Crippen LogP contribution in [0.2, 0.25) is 0 Å². The molecule has 5 rings (SSSR count). The summed E-state index contributed by atoms with van der Waals surface area (Å²) >= 11 is 0. The zero-order valence-electron chi connectivity index (χ0n) is 22.2. The molecule has 2 N–H and O–H groups in total. The SMILES string of the molecule is O=C(C[C@@H]1CCN2C[C@@H]1/C=C/COc1ccc(N3CCOCC3)cc1CNCC2=O)NCc1cccc(F)c1. The van der Waals surface area contributed by atoms with E-state index in [1.807, 2.05) is 17.0 Å². The molecule has 0 saturated carbocycles. The second-order valence-corrected chi connectivity index (χ2v) is 10.4. The van der Waals surface area contributed by atoms with Crippen LogP contribution >= 0.6 is 0 Å². The summed E-state index contributed by atoms with van der Waals surface area (Å²) in [5.41, 5.74) is 2.88. The molecule has 208 valence electrons. The number of carbonyl (C=O) groups excluding carboxylic acids is 2. The smallest absolute Gasteiger partial charge is 0.236 e. The number of nitrogens with one attached hydrogen (secondary N) is 2. The van der Waals surface area contributed by atoms with Crippen LogP contribution in [0, 0.1) is 17.7 Å². The third-order valence-corrected chi connectivity index (χ3v) is 7.72. The quantitative estimate of drug-likeness (QED) is 0.572. The van der Waals surface area contributed by atoms with Crippen molar-refractivity contribution in [3.63, 3.8) is 0 Å². The number of anilines is 1. The van der Waals surface area contributed by atoms with E-state index < -0.39 is 0 Å². The molecule has 0 radical (unpaired) electrons. The van der Waals surface area contributed by atoms with Crippen molar-refractivity contribution in [2.24, 2.45) is 11.8 Å². The summed E-state index contributed by atoms with van der Waals surface area (Å²) < 4.78 is 25.1. The normalized spacial score (nSPS) is 22.9. The molecule has 3 heterocycles. The van der Waals surface area contributed by atoms with Crippen molar-refractivity contribution in [1.29, 1.82) is 0 Å². The molecular weight excluding hydrogens is 499 g/mol. The zero-order chi connectivity index (χ0) is 27.0. The molecule has 2 saturated heterocycles. The van der Waals surface area contributed by atoms with Gasteiger partial charge in [0.1, 0.15) is 18.2 Å². The van der Waals surface area contributed by atoms with Crippen molar-refractivity contribution in [2.75, 3.05) is 57.4 Å². The van der Waals surface area contributed by atoms with Gasteiger partial charge in [0.2, 0.25) is 11.8 Å². The number of rotatable bonds is 5. The maximum absolute atomic E-state index is 13.5. The van der Waals surface area contributed by atoms with E-state index in [4.69, 9.17) is 9.47 Å². The maximum Gasteiger partial charge on any atom is 0.236 e. The lowest BCUT2D eigenvalue weighted by Gasteiger charge is -2.37. The van der Waals surface area contributed by atoms with Crippen LogP contribution in [0.5, 0.6) is 5.75 Å². The summed E-state index contributed by atoms with van der Waals surface area (Å²) in [6.45, 7) is 5.84. The van der Waals surface area contributed by atoms with E-state index in [9.17, 15) is 14.0 Å². The molecule has 0 aliphatic carbocycles. The number of amides is 2. The van der Waals surface area contributed by atoms with Crippen molar-refractivity contribution in [3.05, 3.63) is 71.6 Å². The van der Waals surface area contributed by atoms with E-state index >= 15 is 0 Å². The van der Waals surface area contributed by atoms with Crippen molar-refractivity contribution >= 4 is 17.5 Å². The van der Waals surface area contributed by atoms with Crippen molar-refractivity contribution in [3.8, 4) is 5.75 Å². The van der Waals surface area contributed by atoms with E-state index in [1.165, 1.54) is 12.1 Å². The van der Waals surface area contributed by atoms with Gasteiger partial charge in [0.05, 0.1) is 19.8 Å². The van der Waals surface area contributed by atoms with Crippen molar-refractivity contribution in [2.45, 2.75) is 25.9 Å². The molecule has 0 aromatic heterocycles. The molecule has 2 amide bonds. The number of halogens is 1. The van der Waals surface area contributed by atoms with E-state index in [2.05, 4.69) is 33.7 Å². The minimum atomic E-state index is -0.315. The number of hydrogen-bond acceptors (Lipinski definition) is 6. The van der Waals surface area contributed by atoms with E-state index in [0.29, 0.717) is 39.2 Å². The Labute approximate surface area is 229 Å². The Morgan fingerprint density at radius 1 is 1.08 bits per heavy atom. The third kappa shape index (κ3) is 7.36. The second kappa shape index (κ2) is 13.1. The number of piperidine rings is 1. The molecule has 2 atom stereocenters. The Morgan fingerprint density at radius 3 is 2.79 bits per heavy atom. The van der Waals surface area contributed by atoms with Gasteiger partial charge in [-0.2, -0.15) is 0 Å². The summed E-state index contributed by atoms with van der Waals surface area (Å²) in [4.78, 5) is 30.0. The summed E-state index contributed by atoms with van der Waals surface area (Å²) in [5.74, 6) is 0.642. The first-order chi connectivity index (χ1) is 19.0. The Morgan fingerprint density at radius 2 is 1.95 bits per heavy atom. The summed E-state index contributed by atoms with van der Waals surface area (Å²) in [5, 5.41) is 6.23. The van der Waals surface area contributed by atoms with Crippen LogP contribution in [0.3, 0.4) is 0 Å². The van der Waals surface area contributed by atoms with Crippen molar-refractivity contribution in [1.82, 2.24) is 15.5 Å². The summed E-state index contributed by atoms with van der Waals surface area (Å²) in [6, 6.07) is 12.5. The molecule has 8 nitrogen and oxygen atoms in total. The maximum atomic E-state index is 13.5. The molecule has 2 fully saturated rings. The first kappa shape index (κ1) is 27.1. The molecule has 3 aliphatic rings. The van der Waals surface area contributed by atoms with Gasteiger partial charge in [0.25, 0.3) is 0 Å². The first-order valence-corrected chi connectivity index (χ1v) is 13.8. The number of nitrogens with zero attached hydrogens (tertiary/aromatic N) is 2. The Hall–Kier alpha value is -3.43. The van der Waals surface area contributed by atoms with E-state index in [-0.39, 0.29) is 36.0 Å². The Kier molecular flexibility index (Phi) is 9.11. The summed E-state index contributed by atoms with van der Waals surface area (Å²) in [6.07, 6.45) is 5.20. The third-order valence-electron chi connectivity index (χ3n) is 7.72. The van der Waals surface area contributed by atoms with Gasteiger partial charge in [0, 0.05) is 56.9 Å². The highest BCUT2D eigenvalue weighted by Crippen LogP contribution is 2.29. The van der Waals surface area contributed by atoms with Gasteiger partial charge in [-0.1, -0.05) is 24.3 Å². The zero-order valence-corrected chi connectivity index (χ0v) is 22.2. The van der Waals surface area contributed by atoms with Crippen LogP contribution in [0.1, 0.15) is 24.0 Å². The van der Waals surface area contributed by atoms with Gasteiger partial charge in [-0.25, -0.2) is 4.39 Å². The molecule has 2 bridgehead atoms. The minimum Gasteiger partial charge on any atom is -0.489 e. The lowest BCUT2D eigenvalue weighted by Crippen LogP contribution is -2.47. The molecule has 2 aromatic carbocycles. The average Bonchev–Trinajstić information content (AvgIpc) is 2.96. The molecule has 0 spiro atoms. The van der Waals surface area contributed by atoms with E-state index in [1.54, 1.807) is 12.1 Å². The summed E-state index contributed by atoms with van der Waals surface area (Å²) in [7, 11) is 0. The van der Waals surface area contributed by atoms with Gasteiger partial charge in [-0.3, -0.25) is 9.59 Å². The fourth-order valence-electron chi connectivity index (χ4n) is 5.53. The molecule has 39 heavy (non-hydrogen) atoms. The second-order valence-electron chi connectivity index (χ2n) is 10.4. The van der Waals surface area contributed by atoms with Crippen LogP contribution < -0.4 is 20.3 Å². The predicted molar refractivity (Wildman–Crippen MR) is 147 cm³/mol. The number of fused-ring (bicyclic) bond motifs is 3. The number of carbonyl (C=O) groups is 2. The largest absolute Gasteiger partial charge is 0.489 e. The topological polar surface area (TPSA) is 83.1 Å². The van der Waals surface area contributed by atoms with Crippen LogP contribution in [0.15, 0.2) is 54.6 Å². The Balaban J connectivity index is 1.23. The number of ether oxygens (including phenoxy) is 2. The van der Waals surface area contributed by atoms with Gasteiger partial charge >= 0.3 is 0 Å². The molecule has 0 unspecified atom stereocenters. The highest BCUT2D eigenvalue weighted by molar-refractivity contribution is 5.79. The van der Waals surface area contributed by atoms with E-state index in [0.717, 1.165) is 55.3 Å². The fourth-order valence-corrected chi connectivity index (χ4v) is 5.53. The molecule has 3 aliphatic heterocycles. The predicted octanol–water partition coefficient (Wildman–Crippen LogP) is 2.87. The number of hydrogen-bond donors (Lipinski definition) is 2. The number of benzene rings is 2. The lowest BCUT2D eigenvalue weighted by molar-refractivity contribution is -0.132. The highest BCUT2D eigenvalue weighted by atomic mass is 19.1. The van der Waals surface area contributed by atoms with Gasteiger partial charge in [0.15, 0.2) is 0 Å². The van der Waals surface area contributed by atoms with Gasteiger partial charge in [-0.05, 0) is 54.2 Å². The molecular formula is C30H37FN4O4. The van der Waals surface area contributed by atoms with Gasteiger partial charge in [-0.15, -0.1) is 0 Å². The van der Waals surface area contributed by atoms with Crippen LogP contribution in [0.4, 0.5) is 10.1 Å².